The maximum Gasteiger partial charge on any atom is 0.460 e. The zero-order chi connectivity index (χ0) is 22.1. The van der Waals surface area contributed by atoms with Gasteiger partial charge in [0, 0.05) is 5.54 Å². The lowest BCUT2D eigenvalue weighted by atomic mass is 9.90. The number of nitrogens with zero attached hydrogens (tertiary/aromatic N) is 1. The van der Waals surface area contributed by atoms with Gasteiger partial charge >= 0.3 is 35.8 Å². The molecule has 1 unspecified atom stereocenters. The Bertz CT molecular complexity index is 568. The van der Waals surface area contributed by atoms with E-state index in [1.807, 2.05) is 0 Å². The van der Waals surface area contributed by atoms with Crippen molar-refractivity contribution in [2.45, 2.75) is 74.1 Å². The van der Waals surface area contributed by atoms with Gasteiger partial charge < -0.3 is 0 Å². The van der Waals surface area contributed by atoms with Crippen LogP contribution in [0.3, 0.4) is 0 Å². The summed E-state index contributed by atoms with van der Waals surface area (Å²) in [6, 6.07) is -3.36. The molecule has 0 saturated carbocycles. The summed E-state index contributed by atoms with van der Waals surface area (Å²) < 4.78 is 169. The normalized spacial score (nSPS) is 23.8. The molecule has 1 heterocycles. The van der Waals surface area contributed by atoms with E-state index in [4.69, 9.17) is 0 Å². The third kappa shape index (κ3) is 3.04. The summed E-state index contributed by atoms with van der Waals surface area (Å²) in [7, 11) is 0. The van der Waals surface area contributed by atoms with Crippen molar-refractivity contribution in [2.75, 3.05) is 0 Å². The highest BCUT2D eigenvalue weighted by molar-refractivity contribution is 5.13. The largest absolute Gasteiger partial charge is 0.460 e. The number of hydroxylamine groups is 2. The van der Waals surface area contributed by atoms with Crippen LogP contribution in [0.15, 0.2) is 0 Å². The van der Waals surface area contributed by atoms with E-state index in [1.54, 1.807) is 0 Å². The second-order valence-electron chi connectivity index (χ2n) is 6.61. The van der Waals surface area contributed by atoms with Crippen LogP contribution in [0, 0.1) is 0 Å². The first-order valence-electron chi connectivity index (χ1n) is 6.92. The number of alkyl halides is 13. The first kappa shape index (κ1) is 24.0. The first-order chi connectivity index (χ1) is 11.5. The summed E-state index contributed by atoms with van der Waals surface area (Å²) in [5, 5.41) is 10.8. The highest BCUT2D eigenvalue weighted by Gasteiger charge is 2.91. The highest BCUT2D eigenvalue weighted by Crippen LogP contribution is 2.61. The van der Waals surface area contributed by atoms with E-state index in [1.165, 1.54) is 0 Å². The lowest BCUT2D eigenvalue weighted by Gasteiger charge is -2.42. The molecule has 0 bridgehead atoms. The molecule has 0 N–H and O–H groups in total. The summed E-state index contributed by atoms with van der Waals surface area (Å²) in [4.78, 5) is 0. The van der Waals surface area contributed by atoms with Crippen LogP contribution < -0.4 is 0 Å². The van der Waals surface area contributed by atoms with Crippen molar-refractivity contribution >= 4 is 0 Å². The maximum absolute atomic E-state index is 13.9. The van der Waals surface area contributed by atoms with Gasteiger partial charge in [-0.1, -0.05) is 0 Å². The van der Waals surface area contributed by atoms with E-state index in [0.29, 0.717) is 0 Å². The first-order valence-corrected chi connectivity index (χ1v) is 6.92. The summed E-state index contributed by atoms with van der Waals surface area (Å²) in [6.45, 7) is 1.83. The number of hydrogen-bond donors (Lipinski definition) is 0. The lowest BCUT2D eigenvalue weighted by molar-refractivity contribution is -0.446. The molecule has 1 saturated heterocycles. The Labute approximate surface area is 142 Å². The molecular weight excluding hydrogens is 421 g/mol. The average Bonchev–Trinajstić information content (AvgIpc) is 2.71. The maximum atomic E-state index is 13.9. The van der Waals surface area contributed by atoms with Gasteiger partial charge in [0.1, 0.15) is 6.04 Å². The van der Waals surface area contributed by atoms with Gasteiger partial charge in [0.15, 0.2) is 0 Å². The van der Waals surface area contributed by atoms with Gasteiger partial charge in [-0.15, -0.1) is 10.3 Å². The van der Waals surface area contributed by atoms with Gasteiger partial charge in [-0.3, -0.25) is 0 Å². The minimum Gasteiger partial charge on any atom is -0.198 e. The molecule has 2 nitrogen and oxygen atoms in total. The topological polar surface area (TPSA) is 23.1 Å². The summed E-state index contributed by atoms with van der Waals surface area (Å²) in [5.74, 6) is -37.4. The van der Waals surface area contributed by atoms with Crippen LogP contribution >= 0.6 is 0 Å². The molecule has 0 aliphatic carbocycles. The molecule has 161 valence electrons. The quantitative estimate of drug-likeness (QED) is 0.540. The fourth-order valence-corrected chi connectivity index (χ4v) is 2.46. The zero-order valence-electron chi connectivity index (χ0n) is 13.3. The molecule has 1 rings (SSSR count). The summed E-state index contributed by atoms with van der Waals surface area (Å²) in [6.07, 6.45) is -9.27. The Hall–Kier alpha value is -0.990. The van der Waals surface area contributed by atoms with Crippen LogP contribution in [0.25, 0.3) is 0 Å². The lowest BCUT2D eigenvalue weighted by Crippen LogP contribution is -2.72. The molecule has 1 fully saturated rings. The van der Waals surface area contributed by atoms with Crippen molar-refractivity contribution in [3.05, 3.63) is 0 Å². The molecule has 27 heavy (non-hydrogen) atoms. The monoisotopic (exact) mass is 432 g/mol. The van der Waals surface area contributed by atoms with Crippen LogP contribution in [0.1, 0.15) is 26.7 Å². The minimum atomic E-state index is -7.95. The van der Waals surface area contributed by atoms with Crippen molar-refractivity contribution in [3.8, 4) is 0 Å². The average molecular weight is 432 g/mol. The molecule has 0 aromatic rings. The molecule has 0 aromatic heterocycles. The van der Waals surface area contributed by atoms with E-state index in [9.17, 15) is 62.3 Å². The molecule has 1 radical (unpaired) electrons. The molecule has 0 aromatic carbocycles. The van der Waals surface area contributed by atoms with Crippen molar-refractivity contribution in [3.63, 3.8) is 0 Å². The van der Waals surface area contributed by atoms with Gasteiger partial charge in [-0.2, -0.15) is 57.1 Å². The highest BCUT2D eigenvalue weighted by atomic mass is 19.4. The fraction of sp³-hybridized carbons (Fsp3) is 1.00. The van der Waals surface area contributed by atoms with Gasteiger partial charge in [-0.05, 0) is 26.7 Å². The summed E-state index contributed by atoms with van der Waals surface area (Å²) in [5.41, 5.74) is -1.82. The van der Waals surface area contributed by atoms with E-state index < -0.39 is 65.3 Å². The standard InChI is InChI=1S/C12H11F13NO/c1-6(2)4-3-5(26(6)27)7(13,14)8(15,16)9(17,18)10(19,20)11(21,22)12(23,24)25/h5H,3-4H2,1-2H3. The Morgan fingerprint density at radius 1 is 0.704 bits per heavy atom. The number of rotatable bonds is 5. The Kier molecular flexibility index (Phi) is 5.35. The molecule has 0 amide bonds. The van der Waals surface area contributed by atoms with Gasteiger partial charge in [0.05, 0.1) is 0 Å². The zero-order valence-corrected chi connectivity index (χ0v) is 13.3. The van der Waals surface area contributed by atoms with Crippen LogP contribution in [0.4, 0.5) is 57.1 Å². The Balaban J connectivity index is 3.47. The van der Waals surface area contributed by atoms with E-state index in [0.717, 1.165) is 13.8 Å². The predicted molar refractivity (Wildman–Crippen MR) is 60.4 cm³/mol. The van der Waals surface area contributed by atoms with Crippen LogP contribution in [-0.4, -0.2) is 52.4 Å². The molecule has 1 aliphatic heterocycles. The van der Waals surface area contributed by atoms with E-state index in [-0.39, 0.29) is 0 Å². The van der Waals surface area contributed by atoms with Crippen molar-refractivity contribution < 1.29 is 62.3 Å². The third-order valence-electron chi connectivity index (χ3n) is 4.29. The minimum absolute atomic E-state index is 0.590. The number of hydrogen-bond acceptors (Lipinski definition) is 1. The van der Waals surface area contributed by atoms with Crippen LogP contribution in [0.2, 0.25) is 0 Å². The molecule has 15 heteroatoms. The molecule has 1 aliphatic rings. The van der Waals surface area contributed by atoms with Gasteiger partial charge in [0.25, 0.3) is 0 Å². The van der Waals surface area contributed by atoms with Crippen molar-refractivity contribution in [1.82, 2.24) is 5.06 Å². The summed E-state index contributed by atoms with van der Waals surface area (Å²) >= 11 is 0. The van der Waals surface area contributed by atoms with Gasteiger partial charge in [0.2, 0.25) is 0 Å². The van der Waals surface area contributed by atoms with Crippen molar-refractivity contribution in [2.24, 2.45) is 0 Å². The van der Waals surface area contributed by atoms with Gasteiger partial charge in [-0.25, -0.2) is 0 Å². The second-order valence-corrected chi connectivity index (χ2v) is 6.61. The fourth-order valence-electron chi connectivity index (χ4n) is 2.46. The Morgan fingerprint density at radius 3 is 1.37 bits per heavy atom. The second kappa shape index (κ2) is 6.00. The van der Waals surface area contributed by atoms with Crippen molar-refractivity contribution in [1.29, 1.82) is 0 Å². The predicted octanol–water partition coefficient (Wildman–Crippen LogP) is 5.31. The molecular formula is C12H11F13NO. The smallest absolute Gasteiger partial charge is 0.198 e. The molecule has 0 spiro atoms. The third-order valence-corrected chi connectivity index (χ3v) is 4.29. The van der Waals surface area contributed by atoms with Crippen LogP contribution in [0.5, 0.6) is 0 Å². The van der Waals surface area contributed by atoms with E-state index in [2.05, 4.69) is 0 Å². The Morgan fingerprint density at radius 2 is 1.07 bits per heavy atom. The molecule has 1 atom stereocenters. The SMILES string of the molecule is CC1(C)CCC(C(F)(F)C(F)(F)C(F)(F)C(F)(F)C(F)(F)C(F)(F)F)N1[O]. The van der Waals surface area contributed by atoms with Crippen LogP contribution in [-0.2, 0) is 5.21 Å². The van der Waals surface area contributed by atoms with E-state index >= 15 is 0 Å². The number of halogens is 13.